The number of aromatic amines is 1. The fourth-order valence-electron chi connectivity index (χ4n) is 2.14. The van der Waals surface area contributed by atoms with Crippen LogP contribution in [0.5, 0.6) is 5.75 Å². The lowest BCUT2D eigenvalue weighted by Gasteiger charge is -2.05. The minimum Gasteiger partial charge on any atom is -0.497 e. The second kappa shape index (κ2) is 5.81. The number of halogens is 2. The van der Waals surface area contributed by atoms with Crippen molar-refractivity contribution in [3.63, 3.8) is 0 Å². The maximum Gasteiger partial charge on any atom is 0.272 e. The first-order chi connectivity index (χ1) is 10.6. The normalized spacial score (nSPS) is 10.7. The van der Waals surface area contributed by atoms with Gasteiger partial charge in [-0.15, -0.1) is 0 Å². The summed E-state index contributed by atoms with van der Waals surface area (Å²) in [7, 11) is 1.58. The molecule has 0 bridgehead atoms. The Morgan fingerprint density at radius 2 is 2.05 bits per heavy atom. The largest absolute Gasteiger partial charge is 0.497 e. The third-order valence-corrected chi connectivity index (χ3v) is 3.75. The van der Waals surface area contributed by atoms with Gasteiger partial charge in [-0.05, 0) is 42.5 Å². The van der Waals surface area contributed by atoms with E-state index in [1.54, 1.807) is 25.3 Å². The van der Waals surface area contributed by atoms with Crippen LogP contribution in [-0.2, 0) is 0 Å². The predicted octanol–water partition coefficient (Wildman–Crippen LogP) is 4.33. The molecule has 0 aliphatic rings. The van der Waals surface area contributed by atoms with Gasteiger partial charge in [0.15, 0.2) is 0 Å². The molecule has 6 heteroatoms. The summed E-state index contributed by atoms with van der Waals surface area (Å²) in [6.45, 7) is 0. The van der Waals surface area contributed by atoms with Crippen molar-refractivity contribution in [3.05, 3.63) is 58.4 Å². The summed E-state index contributed by atoms with van der Waals surface area (Å²) in [6.07, 6.45) is 0. The van der Waals surface area contributed by atoms with Crippen LogP contribution in [0.25, 0.3) is 10.9 Å². The fraction of sp³-hybridized carbons (Fsp3) is 0.0625. The molecule has 0 spiro atoms. The highest BCUT2D eigenvalue weighted by Crippen LogP contribution is 2.23. The van der Waals surface area contributed by atoms with E-state index in [0.29, 0.717) is 15.9 Å². The lowest BCUT2D eigenvalue weighted by molar-refractivity contribution is 0.102. The molecule has 0 aliphatic heterocycles. The number of H-pyrrole nitrogens is 1. The van der Waals surface area contributed by atoms with Crippen molar-refractivity contribution in [3.8, 4) is 5.75 Å². The van der Waals surface area contributed by atoms with Crippen molar-refractivity contribution < 1.29 is 13.9 Å². The third kappa shape index (κ3) is 2.82. The van der Waals surface area contributed by atoms with Crippen molar-refractivity contribution in [1.29, 1.82) is 0 Å². The van der Waals surface area contributed by atoms with Gasteiger partial charge in [-0.25, -0.2) is 4.39 Å². The van der Waals surface area contributed by atoms with Crippen LogP contribution in [0.2, 0.25) is 0 Å². The fourth-order valence-corrected chi connectivity index (χ4v) is 2.47. The molecule has 0 atom stereocenters. The molecule has 0 fully saturated rings. The summed E-state index contributed by atoms with van der Waals surface area (Å²) in [5.74, 6) is -0.200. The highest BCUT2D eigenvalue weighted by molar-refractivity contribution is 9.10. The Kier molecular flexibility index (Phi) is 3.85. The number of benzene rings is 2. The van der Waals surface area contributed by atoms with E-state index in [1.807, 2.05) is 12.1 Å². The average Bonchev–Trinajstić information content (AvgIpc) is 2.93. The topological polar surface area (TPSA) is 54.1 Å². The first kappa shape index (κ1) is 14.6. The monoisotopic (exact) mass is 362 g/mol. The van der Waals surface area contributed by atoms with E-state index >= 15 is 0 Å². The van der Waals surface area contributed by atoms with Gasteiger partial charge >= 0.3 is 0 Å². The smallest absolute Gasteiger partial charge is 0.272 e. The number of carbonyl (C=O) groups is 1. The van der Waals surface area contributed by atoms with Gasteiger partial charge in [0.2, 0.25) is 0 Å². The lowest BCUT2D eigenvalue weighted by Crippen LogP contribution is -2.13. The molecule has 4 nitrogen and oxygen atoms in total. The Morgan fingerprint density at radius 1 is 1.23 bits per heavy atom. The number of amides is 1. The van der Waals surface area contributed by atoms with Crippen LogP contribution in [0, 0.1) is 5.82 Å². The number of methoxy groups -OCH3 is 1. The molecule has 112 valence electrons. The zero-order valence-electron chi connectivity index (χ0n) is 11.6. The number of ether oxygens (including phenoxy) is 1. The molecule has 0 saturated carbocycles. The van der Waals surface area contributed by atoms with E-state index in [2.05, 4.69) is 26.2 Å². The van der Waals surface area contributed by atoms with Crippen LogP contribution < -0.4 is 10.1 Å². The number of anilines is 1. The number of hydrogen-bond acceptors (Lipinski definition) is 2. The number of rotatable bonds is 3. The van der Waals surface area contributed by atoms with Gasteiger partial charge in [0, 0.05) is 15.4 Å². The Morgan fingerprint density at radius 3 is 2.77 bits per heavy atom. The minimum absolute atomic E-state index is 0.129. The maximum absolute atomic E-state index is 13.8. The van der Waals surface area contributed by atoms with Crippen LogP contribution in [0.3, 0.4) is 0 Å². The summed E-state index contributed by atoms with van der Waals surface area (Å²) >= 11 is 3.17. The summed E-state index contributed by atoms with van der Waals surface area (Å²) in [5, 5.41) is 3.39. The van der Waals surface area contributed by atoms with E-state index in [1.165, 1.54) is 12.1 Å². The second-order valence-electron chi connectivity index (χ2n) is 4.71. The molecule has 0 unspecified atom stereocenters. The SMILES string of the molecule is COc1ccc2[nH]c(C(=O)Nc3ccc(Br)cc3F)cc2c1. The Bertz CT molecular complexity index is 860. The Balaban J connectivity index is 1.88. The standard InChI is InChI=1S/C16H12BrFN2O2/c1-22-11-3-5-13-9(6-11)7-15(19-13)16(21)20-14-4-2-10(17)8-12(14)18/h2-8,19H,1H3,(H,20,21). The molecule has 2 aromatic carbocycles. The maximum atomic E-state index is 13.8. The summed E-state index contributed by atoms with van der Waals surface area (Å²) < 4.78 is 19.5. The van der Waals surface area contributed by atoms with E-state index in [9.17, 15) is 9.18 Å². The van der Waals surface area contributed by atoms with Crippen molar-refractivity contribution in [1.82, 2.24) is 4.98 Å². The second-order valence-corrected chi connectivity index (χ2v) is 5.63. The van der Waals surface area contributed by atoms with Gasteiger partial charge in [0.1, 0.15) is 17.3 Å². The zero-order chi connectivity index (χ0) is 15.7. The number of nitrogens with one attached hydrogen (secondary N) is 2. The Labute approximate surface area is 134 Å². The molecular weight excluding hydrogens is 351 g/mol. The molecule has 22 heavy (non-hydrogen) atoms. The number of fused-ring (bicyclic) bond motifs is 1. The van der Waals surface area contributed by atoms with Gasteiger partial charge in [0.25, 0.3) is 5.91 Å². The summed E-state index contributed by atoms with van der Waals surface area (Å²) in [4.78, 5) is 15.2. The number of hydrogen-bond donors (Lipinski definition) is 2. The van der Waals surface area contributed by atoms with Crippen LogP contribution in [0.4, 0.5) is 10.1 Å². The Hall–Kier alpha value is -2.34. The van der Waals surface area contributed by atoms with Crippen molar-refractivity contribution in [2.75, 3.05) is 12.4 Å². The third-order valence-electron chi connectivity index (χ3n) is 3.25. The number of carbonyl (C=O) groups excluding carboxylic acids is 1. The molecule has 1 heterocycles. The van der Waals surface area contributed by atoms with Crippen LogP contribution >= 0.6 is 15.9 Å². The van der Waals surface area contributed by atoms with Gasteiger partial charge < -0.3 is 15.0 Å². The summed E-state index contributed by atoms with van der Waals surface area (Å²) in [5.41, 5.74) is 1.29. The van der Waals surface area contributed by atoms with Crippen LogP contribution in [-0.4, -0.2) is 18.0 Å². The molecule has 3 aromatic rings. The highest BCUT2D eigenvalue weighted by atomic mass is 79.9. The van der Waals surface area contributed by atoms with Gasteiger partial charge in [-0.3, -0.25) is 4.79 Å². The van der Waals surface area contributed by atoms with Crippen molar-refractivity contribution >= 4 is 38.4 Å². The van der Waals surface area contributed by atoms with E-state index in [0.717, 1.165) is 10.9 Å². The molecule has 1 amide bonds. The first-order valence-electron chi connectivity index (χ1n) is 6.50. The summed E-state index contributed by atoms with van der Waals surface area (Å²) in [6, 6.07) is 11.6. The van der Waals surface area contributed by atoms with E-state index in [4.69, 9.17) is 4.74 Å². The lowest BCUT2D eigenvalue weighted by atomic mass is 10.2. The minimum atomic E-state index is -0.500. The number of aromatic nitrogens is 1. The van der Waals surface area contributed by atoms with Crippen molar-refractivity contribution in [2.24, 2.45) is 0 Å². The molecular formula is C16H12BrFN2O2. The van der Waals surface area contributed by atoms with Crippen molar-refractivity contribution in [2.45, 2.75) is 0 Å². The molecule has 2 N–H and O–H groups in total. The van der Waals surface area contributed by atoms with Gasteiger partial charge in [-0.1, -0.05) is 15.9 Å². The van der Waals surface area contributed by atoms with Gasteiger partial charge in [-0.2, -0.15) is 0 Å². The van der Waals surface area contributed by atoms with Gasteiger partial charge in [0.05, 0.1) is 12.8 Å². The predicted molar refractivity (Wildman–Crippen MR) is 86.9 cm³/mol. The molecule has 0 saturated heterocycles. The molecule has 1 aromatic heterocycles. The molecule has 0 aliphatic carbocycles. The molecule has 3 rings (SSSR count). The van der Waals surface area contributed by atoms with Crippen LogP contribution in [0.1, 0.15) is 10.5 Å². The van der Waals surface area contributed by atoms with E-state index in [-0.39, 0.29) is 5.69 Å². The van der Waals surface area contributed by atoms with E-state index < -0.39 is 11.7 Å². The first-order valence-corrected chi connectivity index (χ1v) is 7.29. The molecule has 0 radical (unpaired) electrons. The van der Waals surface area contributed by atoms with Crippen LogP contribution in [0.15, 0.2) is 46.9 Å². The quantitative estimate of drug-likeness (QED) is 0.728. The highest BCUT2D eigenvalue weighted by Gasteiger charge is 2.12. The average molecular weight is 363 g/mol. The zero-order valence-corrected chi connectivity index (χ0v) is 13.2.